The molecule has 8 heteroatoms. The number of hydrogen-bond donors (Lipinski definition) is 1. The highest BCUT2D eigenvalue weighted by atomic mass is 16.5. The quantitative estimate of drug-likeness (QED) is 0.708. The van der Waals surface area contributed by atoms with Crippen molar-refractivity contribution < 1.29 is 9.84 Å². The van der Waals surface area contributed by atoms with Gasteiger partial charge in [0.05, 0.1) is 29.6 Å². The van der Waals surface area contributed by atoms with E-state index in [-0.39, 0.29) is 6.10 Å². The summed E-state index contributed by atoms with van der Waals surface area (Å²) in [6.45, 7) is 7.57. The first-order valence-electron chi connectivity index (χ1n) is 10.1. The van der Waals surface area contributed by atoms with E-state index in [1.165, 1.54) is 0 Å². The van der Waals surface area contributed by atoms with Crippen LogP contribution in [0.25, 0.3) is 11.0 Å². The van der Waals surface area contributed by atoms with E-state index in [4.69, 9.17) is 9.72 Å². The molecule has 0 saturated carbocycles. The van der Waals surface area contributed by atoms with Crippen LogP contribution >= 0.6 is 0 Å². The highest BCUT2D eigenvalue weighted by molar-refractivity contribution is 5.75. The van der Waals surface area contributed by atoms with Crippen molar-refractivity contribution in [1.82, 2.24) is 24.5 Å². The second-order valence-electron chi connectivity index (χ2n) is 7.89. The average molecular weight is 396 g/mol. The molecule has 0 amide bonds. The minimum Gasteiger partial charge on any atom is -0.389 e. The highest BCUT2D eigenvalue weighted by Crippen LogP contribution is 2.22. The van der Waals surface area contributed by atoms with Gasteiger partial charge in [-0.1, -0.05) is 0 Å². The summed E-state index contributed by atoms with van der Waals surface area (Å²) in [6, 6.07) is 4.35. The van der Waals surface area contributed by atoms with Crippen LogP contribution in [0.15, 0.2) is 24.5 Å². The number of fused-ring (bicyclic) bond motifs is 1. The predicted octanol–water partition coefficient (Wildman–Crippen LogP) is 2.29. The Balaban J connectivity index is 1.56. The van der Waals surface area contributed by atoms with Crippen LogP contribution in [-0.4, -0.2) is 62.0 Å². The van der Waals surface area contributed by atoms with Crippen molar-refractivity contribution in [1.29, 1.82) is 0 Å². The number of pyridine rings is 1. The molecule has 1 N–H and O–H groups in total. The minimum absolute atomic E-state index is 0.125. The first-order valence-corrected chi connectivity index (χ1v) is 10.1. The van der Waals surface area contributed by atoms with E-state index >= 15 is 0 Å². The maximum atomic E-state index is 10.2. The first kappa shape index (κ1) is 19.7. The molecule has 3 aromatic rings. The number of aromatic nitrogens is 5. The smallest absolute Gasteiger partial charge is 0.225 e. The van der Waals surface area contributed by atoms with Crippen LogP contribution < -0.4 is 4.90 Å². The summed E-state index contributed by atoms with van der Waals surface area (Å²) in [5.74, 6) is 1.64. The third-order valence-electron chi connectivity index (χ3n) is 5.49. The summed E-state index contributed by atoms with van der Waals surface area (Å²) >= 11 is 0. The number of β-amino-alcohol motifs (C(OH)–C–C–N with tert-alkyl or cyclic N) is 1. The van der Waals surface area contributed by atoms with Crippen molar-refractivity contribution in [3.8, 4) is 0 Å². The molecule has 154 valence electrons. The third-order valence-corrected chi connectivity index (χ3v) is 5.49. The van der Waals surface area contributed by atoms with Gasteiger partial charge in [-0.15, -0.1) is 0 Å². The molecule has 1 fully saturated rings. The Bertz CT molecular complexity index is 1000. The fraction of sp³-hybridized carbons (Fsp3) is 0.524. The summed E-state index contributed by atoms with van der Waals surface area (Å²) in [5, 5.41) is 10.2. The molecule has 0 radical (unpaired) electrons. The molecule has 0 aliphatic carbocycles. The number of anilines is 1. The van der Waals surface area contributed by atoms with Gasteiger partial charge in [-0.25, -0.2) is 15.0 Å². The van der Waals surface area contributed by atoms with Gasteiger partial charge in [0.15, 0.2) is 0 Å². The van der Waals surface area contributed by atoms with E-state index in [9.17, 15) is 5.11 Å². The number of aliphatic hydroxyl groups is 1. The largest absolute Gasteiger partial charge is 0.389 e. The Morgan fingerprint density at radius 1 is 1.24 bits per heavy atom. The van der Waals surface area contributed by atoms with Crippen molar-refractivity contribution in [2.45, 2.75) is 51.9 Å². The molecule has 1 aliphatic rings. The number of rotatable bonds is 5. The lowest BCUT2D eigenvalue weighted by atomic mass is 10.1. The molecule has 0 unspecified atom stereocenters. The lowest BCUT2D eigenvalue weighted by Gasteiger charge is -2.35. The maximum absolute atomic E-state index is 10.2. The van der Waals surface area contributed by atoms with E-state index in [1.807, 2.05) is 24.1 Å². The van der Waals surface area contributed by atoms with Crippen LogP contribution in [0, 0.1) is 6.92 Å². The van der Waals surface area contributed by atoms with Crippen LogP contribution in [0.4, 0.5) is 5.95 Å². The first-order chi connectivity index (χ1) is 14.0. The summed E-state index contributed by atoms with van der Waals surface area (Å²) < 4.78 is 7.55. The van der Waals surface area contributed by atoms with Crippen molar-refractivity contribution >= 4 is 17.0 Å². The number of aryl methyl sites for hydroxylation is 1. The van der Waals surface area contributed by atoms with Gasteiger partial charge in [-0.05, 0) is 39.3 Å². The Kier molecular flexibility index (Phi) is 5.47. The predicted molar refractivity (Wildman–Crippen MR) is 111 cm³/mol. The lowest BCUT2D eigenvalue weighted by molar-refractivity contribution is -0.0219. The van der Waals surface area contributed by atoms with E-state index in [1.54, 1.807) is 13.3 Å². The second kappa shape index (κ2) is 8.04. The number of hydrogen-bond acceptors (Lipinski definition) is 7. The Hall–Kier alpha value is -2.58. The van der Waals surface area contributed by atoms with E-state index < -0.39 is 6.10 Å². The zero-order chi connectivity index (χ0) is 20.5. The Morgan fingerprint density at radius 2 is 2.07 bits per heavy atom. The van der Waals surface area contributed by atoms with Gasteiger partial charge in [0.1, 0.15) is 11.3 Å². The molecule has 0 aromatic carbocycles. The fourth-order valence-electron chi connectivity index (χ4n) is 4.10. The second-order valence-corrected chi connectivity index (χ2v) is 7.89. The van der Waals surface area contributed by atoms with Crippen molar-refractivity contribution in [3.05, 3.63) is 41.7 Å². The van der Waals surface area contributed by atoms with Crippen LogP contribution in [0.1, 0.15) is 43.5 Å². The Labute approximate surface area is 170 Å². The number of ether oxygens (including phenoxy) is 1. The number of nitrogens with zero attached hydrogens (tertiary/aromatic N) is 6. The molecule has 4 heterocycles. The SMILES string of the molecule is CO[C@@H]1CCN(c2nccc(Cc3cc4c(cn3)nc(C)n4C(C)C)n2)C[C@H]1O. The Morgan fingerprint density at radius 3 is 2.79 bits per heavy atom. The maximum Gasteiger partial charge on any atom is 0.225 e. The van der Waals surface area contributed by atoms with E-state index in [0.29, 0.717) is 25.0 Å². The number of aliphatic hydroxyl groups excluding tert-OH is 1. The molecular formula is C21H28N6O2. The van der Waals surface area contributed by atoms with Gasteiger partial charge in [0.25, 0.3) is 0 Å². The minimum atomic E-state index is -0.537. The molecule has 1 aliphatic heterocycles. The molecule has 1 saturated heterocycles. The van der Waals surface area contributed by atoms with Gasteiger partial charge in [-0.2, -0.15) is 0 Å². The third kappa shape index (κ3) is 3.95. The van der Waals surface area contributed by atoms with Crippen molar-refractivity contribution in [2.24, 2.45) is 0 Å². The monoisotopic (exact) mass is 396 g/mol. The van der Waals surface area contributed by atoms with Gasteiger partial charge in [0, 0.05) is 44.6 Å². The zero-order valence-electron chi connectivity index (χ0n) is 17.4. The summed E-state index contributed by atoms with van der Waals surface area (Å²) in [5.41, 5.74) is 3.86. The summed E-state index contributed by atoms with van der Waals surface area (Å²) in [4.78, 5) is 20.3. The standard InChI is InChI=1S/C21H28N6O2/c1-13(2)27-14(3)24-17-11-23-16(10-18(17)27)9-15-5-7-22-21(25-15)26-8-6-20(29-4)19(28)12-26/h5,7,10-11,13,19-20,28H,6,8-9,12H2,1-4H3/t19-,20-/m1/s1. The number of imidazole rings is 1. The van der Waals surface area contributed by atoms with Crippen LogP contribution in [0.2, 0.25) is 0 Å². The molecule has 0 bridgehead atoms. The van der Waals surface area contributed by atoms with Crippen LogP contribution in [0.5, 0.6) is 0 Å². The fourth-order valence-corrected chi connectivity index (χ4v) is 4.10. The average Bonchev–Trinajstić information content (AvgIpc) is 3.03. The number of piperidine rings is 1. The molecule has 4 rings (SSSR count). The lowest BCUT2D eigenvalue weighted by Crippen LogP contribution is -2.48. The molecule has 29 heavy (non-hydrogen) atoms. The van der Waals surface area contributed by atoms with Crippen molar-refractivity contribution in [3.63, 3.8) is 0 Å². The van der Waals surface area contributed by atoms with Crippen molar-refractivity contribution in [2.75, 3.05) is 25.1 Å². The normalized spacial score (nSPS) is 20.0. The van der Waals surface area contributed by atoms with Gasteiger partial charge >= 0.3 is 0 Å². The molecule has 8 nitrogen and oxygen atoms in total. The van der Waals surface area contributed by atoms with Gasteiger partial charge in [0.2, 0.25) is 5.95 Å². The zero-order valence-corrected chi connectivity index (χ0v) is 17.4. The highest BCUT2D eigenvalue weighted by Gasteiger charge is 2.28. The van der Waals surface area contributed by atoms with Crippen LogP contribution in [-0.2, 0) is 11.2 Å². The molecule has 2 atom stereocenters. The van der Waals surface area contributed by atoms with Crippen LogP contribution in [0.3, 0.4) is 0 Å². The molecule has 0 spiro atoms. The summed E-state index contributed by atoms with van der Waals surface area (Å²) in [6.07, 6.45) is 4.31. The van der Waals surface area contributed by atoms with Gasteiger partial charge < -0.3 is 19.3 Å². The van der Waals surface area contributed by atoms with Gasteiger partial charge in [-0.3, -0.25) is 4.98 Å². The number of methoxy groups -OCH3 is 1. The molecule has 3 aromatic heterocycles. The van der Waals surface area contributed by atoms with E-state index in [0.717, 1.165) is 41.2 Å². The summed E-state index contributed by atoms with van der Waals surface area (Å²) in [7, 11) is 1.64. The topological polar surface area (TPSA) is 89.2 Å². The molecular weight excluding hydrogens is 368 g/mol. The van der Waals surface area contributed by atoms with E-state index in [2.05, 4.69) is 39.4 Å².